The molecule has 0 bridgehead atoms. The van der Waals surface area contributed by atoms with Crippen molar-refractivity contribution < 1.29 is 5.11 Å². The predicted octanol–water partition coefficient (Wildman–Crippen LogP) is 1.92. The standard InChI is InChI=1S/C14H17N3O/c15-11-8-12(10-4-2-1-3-5-10)14(13(16)9-11)17-6-7-18/h1-5,8-9,17-18H,6-7,15-16H2. The molecular weight excluding hydrogens is 226 g/mol. The Balaban J connectivity index is 2.50. The normalized spacial score (nSPS) is 10.3. The zero-order valence-corrected chi connectivity index (χ0v) is 10.1. The van der Waals surface area contributed by atoms with Crippen molar-refractivity contribution in [1.29, 1.82) is 0 Å². The molecule has 4 heteroatoms. The molecule has 0 saturated carbocycles. The van der Waals surface area contributed by atoms with Gasteiger partial charge in [0.2, 0.25) is 0 Å². The van der Waals surface area contributed by atoms with Gasteiger partial charge in [0.25, 0.3) is 0 Å². The van der Waals surface area contributed by atoms with Crippen molar-refractivity contribution in [1.82, 2.24) is 0 Å². The smallest absolute Gasteiger partial charge is 0.0655 e. The van der Waals surface area contributed by atoms with Crippen LogP contribution in [0.15, 0.2) is 42.5 Å². The second-order valence-corrected chi connectivity index (χ2v) is 4.05. The van der Waals surface area contributed by atoms with Crippen molar-refractivity contribution in [2.75, 3.05) is 29.9 Å². The summed E-state index contributed by atoms with van der Waals surface area (Å²) in [5.41, 5.74) is 15.8. The Kier molecular flexibility index (Phi) is 3.69. The molecule has 0 aliphatic carbocycles. The van der Waals surface area contributed by atoms with Crippen molar-refractivity contribution in [3.8, 4) is 11.1 Å². The highest BCUT2D eigenvalue weighted by atomic mass is 16.3. The highest BCUT2D eigenvalue weighted by Crippen LogP contribution is 2.34. The van der Waals surface area contributed by atoms with Crippen LogP contribution in [0.25, 0.3) is 11.1 Å². The number of anilines is 3. The van der Waals surface area contributed by atoms with Gasteiger partial charge in [0.15, 0.2) is 0 Å². The molecule has 4 nitrogen and oxygen atoms in total. The number of hydrogen-bond acceptors (Lipinski definition) is 4. The fourth-order valence-corrected chi connectivity index (χ4v) is 1.91. The average Bonchev–Trinajstić information content (AvgIpc) is 2.38. The first-order chi connectivity index (χ1) is 8.72. The summed E-state index contributed by atoms with van der Waals surface area (Å²) in [5.74, 6) is 0. The number of aliphatic hydroxyl groups excluding tert-OH is 1. The summed E-state index contributed by atoms with van der Waals surface area (Å²) in [6, 6.07) is 13.5. The molecular formula is C14H17N3O. The Hall–Kier alpha value is -2.20. The molecule has 0 fully saturated rings. The number of rotatable bonds is 4. The summed E-state index contributed by atoms with van der Waals surface area (Å²) in [5, 5.41) is 12.0. The minimum absolute atomic E-state index is 0.0536. The number of nitrogens with two attached hydrogens (primary N) is 2. The fourth-order valence-electron chi connectivity index (χ4n) is 1.91. The van der Waals surface area contributed by atoms with Gasteiger partial charge < -0.3 is 21.9 Å². The van der Waals surface area contributed by atoms with Gasteiger partial charge >= 0.3 is 0 Å². The Morgan fingerprint density at radius 2 is 1.78 bits per heavy atom. The zero-order chi connectivity index (χ0) is 13.0. The first-order valence-corrected chi connectivity index (χ1v) is 5.81. The molecule has 0 radical (unpaired) electrons. The van der Waals surface area contributed by atoms with E-state index in [1.165, 1.54) is 0 Å². The van der Waals surface area contributed by atoms with E-state index in [9.17, 15) is 0 Å². The molecule has 0 aliphatic heterocycles. The summed E-state index contributed by atoms with van der Waals surface area (Å²) >= 11 is 0. The average molecular weight is 243 g/mol. The number of benzene rings is 2. The van der Waals surface area contributed by atoms with Gasteiger partial charge in [-0.25, -0.2) is 0 Å². The molecule has 2 aromatic rings. The molecule has 0 atom stereocenters. The van der Waals surface area contributed by atoms with Crippen LogP contribution in [-0.2, 0) is 0 Å². The first-order valence-electron chi connectivity index (χ1n) is 5.81. The molecule has 2 aromatic carbocycles. The molecule has 2 rings (SSSR count). The fraction of sp³-hybridized carbons (Fsp3) is 0.143. The van der Waals surface area contributed by atoms with Crippen molar-refractivity contribution in [3.05, 3.63) is 42.5 Å². The molecule has 0 amide bonds. The minimum atomic E-state index is 0.0536. The Morgan fingerprint density at radius 1 is 1.06 bits per heavy atom. The van der Waals surface area contributed by atoms with Crippen LogP contribution in [0.2, 0.25) is 0 Å². The summed E-state index contributed by atoms with van der Waals surface area (Å²) in [6.45, 7) is 0.506. The zero-order valence-electron chi connectivity index (χ0n) is 10.1. The van der Waals surface area contributed by atoms with Crippen molar-refractivity contribution in [2.24, 2.45) is 0 Å². The summed E-state index contributed by atoms with van der Waals surface area (Å²) < 4.78 is 0. The highest BCUT2D eigenvalue weighted by molar-refractivity contribution is 5.89. The predicted molar refractivity (Wildman–Crippen MR) is 76.3 cm³/mol. The molecule has 0 aliphatic rings. The van der Waals surface area contributed by atoms with E-state index >= 15 is 0 Å². The summed E-state index contributed by atoms with van der Waals surface area (Å²) in [7, 11) is 0. The van der Waals surface area contributed by atoms with Crippen LogP contribution in [0, 0.1) is 0 Å². The van der Waals surface area contributed by atoms with Gasteiger partial charge in [0.1, 0.15) is 0 Å². The maximum atomic E-state index is 8.91. The number of aliphatic hydroxyl groups is 1. The third-order valence-electron chi connectivity index (χ3n) is 2.69. The van der Waals surface area contributed by atoms with Crippen LogP contribution >= 0.6 is 0 Å². The van der Waals surface area contributed by atoms with Gasteiger partial charge in [0.05, 0.1) is 18.0 Å². The van der Waals surface area contributed by atoms with Crippen molar-refractivity contribution in [3.63, 3.8) is 0 Å². The van der Waals surface area contributed by atoms with Crippen LogP contribution < -0.4 is 16.8 Å². The Bertz CT molecular complexity index is 526. The molecule has 6 N–H and O–H groups in total. The van der Waals surface area contributed by atoms with E-state index in [1.54, 1.807) is 6.07 Å². The second-order valence-electron chi connectivity index (χ2n) is 4.05. The van der Waals surface area contributed by atoms with Gasteiger partial charge in [-0.2, -0.15) is 0 Å². The van der Waals surface area contributed by atoms with Crippen molar-refractivity contribution in [2.45, 2.75) is 0 Å². The maximum absolute atomic E-state index is 8.91. The van der Waals surface area contributed by atoms with Gasteiger partial charge in [-0.1, -0.05) is 30.3 Å². The number of nitrogens with one attached hydrogen (secondary N) is 1. The van der Waals surface area contributed by atoms with E-state index in [0.29, 0.717) is 17.9 Å². The minimum Gasteiger partial charge on any atom is -0.399 e. The molecule has 0 aromatic heterocycles. The van der Waals surface area contributed by atoms with Gasteiger partial charge in [-0.15, -0.1) is 0 Å². The van der Waals surface area contributed by atoms with Crippen LogP contribution in [0.3, 0.4) is 0 Å². The molecule has 0 spiro atoms. The van der Waals surface area contributed by atoms with Gasteiger partial charge in [-0.3, -0.25) is 0 Å². The third-order valence-corrected chi connectivity index (χ3v) is 2.69. The van der Waals surface area contributed by atoms with E-state index in [-0.39, 0.29) is 6.61 Å². The summed E-state index contributed by atoms with van der Waals surface area (Å²) in [4.78, 5) is 0. The Morgan fingerprint density at radius 3 is 2.44 bits per heavy atom. The van der Waals surface area contributed by atoms with Gasteiger partial charge in [0, 0.05) is 17.8 Å². The lowest BCUT2D eigenvalue weighted by Gasteiger charge is -2.15. The SMILES string of the molecule is Nc1cc(N)c(NCCO)c(-c2ccccc2)c1. The topological polar surface area (TPSA) is 84.3 Å². The van der Waals surface area contributed by atoms with E-state index in [4.69, 9.17) is 16.6 Å². The monoisotopic (exact) mass is 243 g/mol. The first kappa shape index (κ1) is 12.3. The van der Waals surface area contributed by atoms with E-state index < -0.39 is 0 Å². The highest BCUT2D eigenvalue weighted by Gasteiger charge is 2.09. The largest absolute Gasteiger partial charge is 0.399 e. The molecule has 0 heterocycles. The quantitative estimate of drug-likeness (QED) is 0.618. The summed E-state index contributed by atoms with van der Waals surface area (Å²) in [6.07, 6.45) is 0. The van der Waals surface area contributed by atoms with Crippen LogP contribution in [0.5, 0.6) is 0 Å². The number of hydrogen-bond donors (Lipinski definition) is 4. The second kappa shape index (κ2) is 5.42. The van der Waals surface area contributed by atoms with Crippen LogP contribution in [0.4, 0.5) is 17.1 Å². The maximum Gasteiger partial charge on any atom is 0.0655 e. The Labute approximate surface area is 106 Å². The molecule has 0 saturated heterocycles. The van der Waals surface area contributed by atoms with Crippen LogP contribution in [0.1, 0.15) is 0 Å². The third kappa shape index (κ3) is 2.55. The molecule has 0 unspecified atom stereocenters. The lowest BCUT2D eigenvalue weighted by molar-refractivity contribution is 0.311. The lowest BCUT2D eigenvalue weighted by atomic mass is 10.0. The van der Waals surface area contributed by atoms with E-state index in [1.807, 2.05) is 36.4 Å². The lowest BCUT2D eigenvalue weighted by Crippen LogP contribution is -2.09. The van der Waals surface area contributed by atoms with E-state index in [2.05, 4.69) is 5.32 Å². The van der Waals surface area contributed by atoms with Gasteiger partial charge in [-0.05, 0) is 17.7 Å². The van der Waals surface area contributed by atoms with E-state index in [0.717, 1.165) is 16.8 Å². The molecule has 18 heavy (non-hydrogen) atoms. The number of nitrogen functional groups attached to an aromatic ring is 2. The van der Waals surface area contributed by atoms with Crippen LogP contribution in [-0.4, -0.2) is 18.3 Å². The van der Waals surface area contributed by atoms with Crippen molar-refractivity contribution >= 4 is 17.1 Å². The molecule has 94 valence electrons.